The smallest absolute Gasteiger partial charge is 0.277 e. The van der Waals surface area contributed by atoms with E-state index in [0.29, 0.717) is 16.9 Å². The lowest BCUT2D eigenvalue weighted by molar-refractivity contribution is 0.102. The second kappa shape index (κ2) is 5.75. The van der Waals surface area contributed by atoms with E-state index in [4.69, 9.17) is 0 Å². The number of carbonyl (C=O) groups excluding carboxylic acids is 1. The second-order valence-electron chi connectivity index (χ2n) is 4.24. The van der Waals surface area contributed by atoms with Gasteiger partial charge in [0.05, 0.1) is 5.69 Å². The van der Waals surface area contributed by atoms with Crippen LogP contribution in [0.25, 0.3) is 0 Å². The van der Waals surface area contributed by atoms with Gasteiger partial charge in [-0.25, -0.2) is 4.98 Å². The average molecular weight is 277 g/mol. The summed E-state index contributed by atoms with van der Waals surface area (Å²) in [5, 5.41) is 15.8. The van der Waals surface area contributed by atoms with Crippen molar-refractivity contribution >= 4 is 28.2 Å². The quantitative estimate of drug-likeness (QED) is 0.896. The van der Waals surface area contributed by atoms with E-state index < -0.39 is 0 Å². The van der Waals surface area contributed by atoms with Crippen LogP contribution in [0.4, 0.5) is 10.9 Å². The molecule has 2 rings (SSSR count). The lowest BCUT2D eigenvalue weighted by atomic mass is 10.2. The van der Waals surface area contributed by atoms with Crippen molar-refractivity contribution in [3.8, 4) is 0 Å². The molecule has 0 spiro atoms. The Kier molecular flexibility index (Phi) is 4.06. The molecule has 0 radical (unpaired) electrons. The van der Waals surface area contributed by atoms with Gasteiger partial charge < -0.3 is 5.32 Å². The number of aromatic nitrogens is 3. The highest BCUT2D eigenvalue weighted by molar-refractivity contribution is 7.14. The van der Waals surface area contributed by atoms with Gasteiger partial charge in [0.1, 0.15) is 5.82 Å². The number of nitrogens with zero attached hydrogens (tertiary/aromatic N) is 3. The summed E-state index contributed by atoms with van der Waals surface area (Å²) in [4.78, 5) is 16.3. The van der Waals surface area contributed by atoms with Crippen LogP contribution in [-0.4, -0.2) is 28.1 Å². The van der Waals surface area contributed by atoms with Crippen molar-refractivity contribution in [2.75, 3.05) is 17.7 Å². The average Bonchev–Trinajstić information content (AvgIpc) is 2.87. The summed E-state index contributed by atoms with van der Waals surface area (Å²) >= 11 is 1.40. The van der Waals surface area contributed by atoms with Crippen LogP contribution in [-0.2, 0) is 0 Å². The molecule has 0 atom stereocenters. The van der Waals surface area contributed by atoms with Crippen molar-refractivity contribution in [3.05, 3.63) is 28.9 Å². The maximum absolute atomic E-state index is 11.9. The van der Waals surface area contributed by atoms with Crippen molar-refractivity contribution in [2.24, 2.45) is 0 Å². The van der Waals surface area contributed by atoms with E-state index in [-0.39, 0.29) is 11.6 Å². The van der Waals surface area contributed by atoms with Crippen molar-refractivity contribution in [3.63, 3.8) is 0 Å². The Labute approximate surface area is 115 Å². The third-order valence-corrected chi connectivity index (χ3v) is 3.26. The van der Waals surface area contributed by atoms with Crippen molar-refractivity contribution in [2.45, 2.75) is 19.8 Å². The first kappa shape index (κ1) is 13.4. The summed E-state index contributed by atoms with van der Waals surface area (Å²) in [6.45, 7) is 4.12. The van der Waals surface area contributed by atoms with Crippen LogP contribution in [0.15, 0.2) is 17.5 Å². The third-order valence-electron chi connectivity index (χ3n) is 2.49. The third kappa shape index (κ3) is 3.25. The number of carbonyl (C=O) groups is 1. The predicted molar refractivity (Wildman–Crippen MR) is 75.7 cm³/mol. The Hall–Kier alpha value is -2.02. The van der Waals surface area contributed by atoms with Crippen molar-refractivity contribution in [1.82, 2.24) is 15.2 Å². The summed E-state index contributed by atoms with van der Waals surface area (Å²) in [7, 11) is 1.74. The number of thiazole rings is 1. The van der Waals surface area contributed by atoms with Gasteiger partial charge in [-0.3, -0.25) is 10.1 Å². The van der Waals surface area contributed by atoms with E-state index in [2.05, 4.69) is 39.7 Å². The van der Waals surface area contributed by atoms with E-state index >= 15 is 0 Å². The highest BCUT2D eigenvalue weighted by atomic mass is 32.1. The minimum atomic E-state index is -0.306. The highest BCUT2D eigenvalue weighted by Gasteiger charge is 2.12. The molecule has 2 aromatic heterocycles. The molecular weight excluding hydrogens is 262 g/mol. The fourth-order valence-electron chi connectivity index (χ4n) is 1.36. The summed E-state index contributed by atoms with van der Waals surface area (Å²) in [5.41, 5.74) is 1.23. The summed E-state index contributed by atoms with van der Waals surface area (Å²) in [6.07, 6.45) is 0. The summed E-state index contributed by atoms with van der Waals surface area (Å²) in [6, 6.07) is 3.31. The first-order valence-electron chi connectivity index (χ1n) is 5.88. The molecule has 0 aliphatic carbocycles. The Morgan fingerprint density at radius 1 is 1.32 bits per heavy atom. The van der Waals surface area contributed by atoms with Crippen molar-refractivity contribution < 1.29 is 4.79 Å². The molecule has 0 unspecified atom stereocenters. The van der Waals surface area contributed by atoms with Crippen LogP contribution in [0.1, 0.15) is 35.9 Å². The van der Waals surface area contributed by atoms with E-state index in [1.54, 1.807) is 19.2 Å². The molecule has 0 saturated heterocycles. The molecular formula is C12H15N5OS. The molecule has 0 aliphatic rings. The van der Waals surface area contributed by atoms with Gasteiger partial charge in [-0.2, -0.15) is 0 Å². The monoisotopic (exact) mass is 277 g/mol. The number of anilines is 2. The lowest BCUT2D eigenvalue weighted by Gasteiger charge is -2.02. The number of amides is 1. The van der Waals surface area contributed by atoms with Crippen LogP contribution in [0.2, 0.25) is 0 Å². The zero-order valence-electron chi connectivity index (χ0n) is 11.0. The number of nitrogens with one attached hydrogen (secondary N) is 2. The zero-order valence-corrected chi connectivity index (χ0v) is 11.8. The van der Waals surface area contributed by atoms with E-state index in [9.17, 15) is 4.79 Å². The maximum Gasteiger partial charge on any atom is 0.277 e. The first-order chi connectivity index (χ1) is 9.10. The van der Waals surface area contributed by atoms with Crippen LogP contribution >= 0.6 is 11.3 Å². The SMILES string of the molecule is CNc1ccc(C(=O)Nc2nc(C(C)C)cs2)nn1. The van der Waals surface area contributed by atoms with Crippen LogP contribution < -0.4 is 10.6 Å². The normalized spacial score (nSPS) is 10.5. The van der Waals surface area contributed by atoms with Crippen LogP contribution in [0.3, 0.4) is 0 Å². The molecule has 100 valence electrons. The largest absolute Gasteiger partial charge is 0.372 e. The molecule has 2 N–H and O–H groups in total. The first-order valence-corrected chi connectivity index (χ1v) is 6.76. The molecule has 0 aromatic carbocycles. The Balaban J connectivity index is 2.06. The van der Waals surface area contributed by atoms with Crippen molar-refractivity contribution in [1.29, 1.82) is 0 Å². The van der Waals surface area contributed by atoms with Gasteiger partial charge in [-0.15, -0.1) is 21.5 Å². The van der Waals surface area contributed by atoms with Crippen LogP contribution in [0, 0.1) is 0 Å². The molecule has 0 saturated carbocycles. The molecule has 6 nitrogen and oxygen atoms in total. The Morgan fingerprint density at radius 2 is 2.11 bits per heavy atom. The van der Waals surface area contributed by atoms with E-state index in [1.165, 1.54) is 11.3 Å². The van der Waals surface area contributed by atoms with E-state index in [1.807, 2.05) is 5.38 Å². The van der Waals surface area contributed by atoms with Gasteiger partial charge in [-0.1, -0.05) is 13.8 Å². The van der Waals surface area contributed by atoms with Gasteiger partial charge in [0.15, 0.2) is 10.8 Å². The molecule has 0 fully saturated rings. The fourth-order valence-corrected chi connectivity index (χ4v) is 2.22. The minimum absolute atomic E-state index is 0.264. The van der Waals surface area contributed by atoms with Gasteiger partial charge in [0.2, 0.25) is 0 Å². The standard InChI is InChI=1S/C12H15N5OS/c1-7(2)9-6-19-12(14-9)15-11(18)8-4-5-10(13-3)17-16-8/h4-7H,1-3H3,(H,13,17)(H,14,15,18). The topological polar surface area (TPSA) is 79.8 Å². The molecule has 19 heavy (non-hydrogen) atoms. The predicted octanol–water partition coefficient (Wildman–Crippen LogP) is 2.35. The molecule has 1 amide bonds. The van der Waals surface area contributed by atoms with Gasteiger partial charge in [-0.05, 0) is 18.1 Å². The highest BCUT2D eigenvalue weighted by Crippen LogP contribution is 2.21. The molecule has 0 aliphatic heterocycles. The molecule has 0 bridgehead atoms. The fraction of sp³-hybridized carbons (Fsp3) is 0.333. The summed E-state index contributed by atoms with van der Waals surface area (Å²) in [5.74, 6) is 0.657. The minimum Gasteiger partial charge on any atom is -0.372 e. The van der Waals surface area contributed by atoms with Gasteiger partial charge >= 0.3 is 0 Å². The zero-order chi connectivity index (χ0) is 13.8. The number of hydrogen-bond acceptors (Lipinski definition) is 6. The summed E-state index contributed by atoms with van der Waals surface area (Å²) < 4.78 is 0. The Bertz CT molecular complexity index is 564. The van der Waals surface area contributed by atoms with Crippen LogP contribution in [0.5, 0.6) is 0 Å². The number of rotatable bonds is 4. The van der Waals surface area contributed by atoms with Gasteiger partial charge in [0, 0.05) is 12.4 Å². The van der Waals surface area contributed by atoms with E-state index in [0.717, 1.165) is 5.69 Å². The maximum atomic E-state index is 11.9. The molecule has 2 aromatic rings. The second-order valence-corrected chi connectivity index (χ2v) is 5.10. The Morgan fingerprint density at radius 3 is 2.63 bits per heavy atom. The lowest BCUT2D eigenvalue weighted by Crippen LogP contribution is -2.14. The molecule has 2 heterocycles. The van der Waals surface area contributed by atoms with Gasteiger partial charge in [0.25, 0.3) is 5.91 Å². The molecule has 7 heteroatoms. The number of hydrogen-bond donors (Lipinski definition) is 2.